The third-order valence-corrected chi connectivity index (χ3v) is 5.68. The van der Waals surface area contributed by atoms with Crippen molar-refractivity contribution in [2.75, 3.05) is 6.61 Å². The number of hydrazone groups is 1. The van der Waals surface area contributed by atoms with E-state index in [1.165, 1.54) is 0 Å². The Labute approximate surface area is 197 Å². The summed E-state index contributed by atoms with van der Waals surface area (Å²) in [4.78, 5) is 25.8. The van der Waals surface area contributed by atoms with Gasteiger partial charge in [0.1, 0.15) is 5.75 Å². The van der Waals surface area contributed by atoms with Crippen molar-refractivity contribution in [3.63, 3.8) is 0 Å². The summed E-state index contributed by atoms with van der Waals surface area (Å²) < 4.78 is 7.25. The Bertz CT molecular complexity index is 1170. The van der Waals surface area contributed by atoms with Gasteiger partial charge < -0.3 is 10.1 Å². The van der Waals surface area contributed by atoms with E-state index >= 15 is 0 Å². The fraction of sp³-hybridized carbons (Fsp3) is 0.192. The third kappa shape index (κ3) is 5.23. The summed E-state index contributed by atoms with van der Waals surface area (Å²) >= 11 is 5.93. The molecule has 1 heterocycles. The first-order chi connectivity index (χ1) is 15.9. The smallest absolute Gasteiger partial charge is 0.304 e. The van der Waals surface area contributed by atoms with E-state index in [0.717, 1.165) is 22.4 Å². The predicted molar refractivity (Wildman–Crippen MR) is 128 cm³/mol. The molecular formula is C26H25ClN3O3+. The van der Waals surface area contributed by atoms with Crippen LogP contribution in [-0.2, 0) is 4.79 Å². The molecule has 168 valence electrons. The topological polar surface area (TPSA) is 70.4 Å². The van der Waals surface area contributed by atoms with Gasteiger partial charge in [0.15, 0.2) is 6.04 Å². The number of amides is 2. The molecule has 2 N–H and O–H groups in total. The second-order valence-electron chi connectivity index (χ2n) is 7.83. The summed E-state index contributed by atoms with van der Waals surface area (Å²) in [7, 11) is 0. The zero-order valence-electron chi connectivity index (χ0n) is 18.4. The fourth-order valence-corrected chi connectivity index (χ4v) is 3.87. The first kappa shape index (κ1) is 22.6. The minimum Gasteiger partial charge on any atom is -0.494 e. The second-order valence-corrected chi connectivity index (χ2v) is 8.26. The summed E-state index contributed by atoms with van der Waals surface area (Å²) in [5, 5.41) is 3.43. The van der Waals surface area contributed by atoms with E-state index in [4.69, 9.17) is 16.3 Å². The standard InChI is InChI=1S/C26H24ClN3O3/c1-3-33-22-14-6-18(7-15-22)16-30-24(19-8-4-17(2)5-9-19)23(26(32)29-30)28-25(31)20-10-12-21(27)13-11-20/h4-16,23-24H,3H2,1-2H3,(H-,28,29,31,32)/p+1/b30-16-/t23-,24+/m0/s1. The van der Waals surface area contributed by atoms with Gasteiger partial charge >= 0.3 is 5.91 Å². The van der Waals surface area contributed by atoms with Crippen LogP contribution in [-0.4, -0.2) is 35.4 Å². The van der Waals surface area contributed by atoms with Gasteiger partial charge in [0.25, 0.3) is 5.91 Å². The van der Waals surface area contributed by atoms with E-state index < -0.39 is 12.1 Å². The van der Waals surface area contributed by atoms with Gasteiger partial charge in [-0.05, 0) is 62.4 Å². The van der Waals surface area contributed by atoms with Crippen molar-refractivity contribution in [2.24, 2.45) is 0 Å². The lowest BCUT2D eigenvalue weighted by molar-refractivity contribution is -0.596. The summed E-state index contributed by atoms with van der Waals surface area (Å²) in [6, 6.07) is 20.9. The molecule has 0 spiro atoms. The van der Waals surface area contributed by atoms with Gasteiger partial charge in [-0.1, -0.05) is 41.4 Å². The Morgan fingerprint density at radius 2 is 1.73 bits per heavy atom. The van der Waals surface area contributed by atoms with Crippen LogP contribution in [0.15, 0.2) is 72.8 Å². The van der Waals surface area contributed by atoms with Crippen molar-refractivity contribution in [1.82, 2.24) is 10.7 Å². The molecule has 0 bridgehead atoms. The Kier molecular flexibility index (Phi) is 6.75. The van der Waals surface area contributed by atoms with Crippen molar-refractivity contribution in [3.8, 4) is 5.75 Å². The lowest BCUT2D eigenvalue weighted by Crippen LogP contribution is -2.42. The monoisotopic (exact) mass is 462 g/mol. The summed E-state index contributed by atoms with van der Waals surface area (Å²) in [6.45, 7) is 4.53. The molecule has 1 saturated heterocycles. The highest BCUT2D eigenvalue weighted by molar-refractivity contribution is 6.30. The number of aryl methyl sites for hydroxylation is 1. The van der Waals surface area contributed by atoms with Crippen LogP contribution in [0.5, 0.6) is 5.75 Å². The lowest BCUT2D eigenvalue weighted by Gasteiger charge is -2.15. The Hall–Kier alpha value is -3.64. The first-order valence-electron chi connectivity index (χ1n) is 10.7. The fourth-order valence-electron chi connectivity index (χ4n) is 3.75. The zero-order valence-corrected chi connectivity index (χ0v) is 19.2. The quantitative estimate of drug-likeness (QED) is 0.543. The third-order valence-electron chi connectivity index (χ3n) is 5.43. The molecule has 3 aromatic carbocycles. The molecular weight excluding hydrogens is 438 g/mol. The predicted octanol–water partition coefficient (Wildman–Crippen LogP) is 4.06. The van der Waals surface area contributed by atoms with Crippen LogP contribution in [0.25, 0.3) is 0 Å². The highest BCUT2D eigenvalue weighted by Crippen LogP contribution is 2.26. The molecule has 33 heavy (non-hydrogen) atoms. The summed E-state index contributed by atoms with van der Waals surface area (Å²) in [5.74, 6) is 0.153. The van der Waals surface area contributed by atoms with Crippen LogP contribution in [0.3, 0.4) is 0 Å². The maximum Gasteiger partial charge on any atom is 0.304 e. The number of rotatable bonds is 6. The van der Waals surface area contributed by atoms with E-state index in [1.54, 1.807) is 28.9 Å². The van der Waals surface area contributed by atoms with Crippen molar-refractivity contribution < 1.29 is 19.0 Å². The number of ether oxygens (including phenoxy) is 1. The molecule has 1 aliphatic rings. The van der Waals surface area contributed by atoms with E-state index in [0.29, 0.717) is 17.2 Å². The number of hydrazine groups is 1. The Morgan fingerprint density at radius 3 is 2.36 bits per heavy atom. The number of hydrogen-bond acceptors (Lipinski definition) is 3. The number of halogens is 1. The Morgan fingerprint density at radius 1 is 1.06 bits per heavy atom. The van der Waals surface area contributed by atoms with Gasteiger partial charge in [-0.2, -0.15) is 0 Å². The van der Waals surface area contributed by atoms with Crippen molar-refractivity contribution in [3.05, 3.63) is 100 Å². The highest BCUT2D eigenvalue weighted by Gasteiger charge is 2.47. The molecule has 1 aliphatic heterocycles. The molecule has 6 nitrogen and oxygen atoms in total. The minimum absolute atomic E-state index is 0.287. The van der Waals surface area contributed by atoms with Crippen molar-refractivity contribution in [2.45, 2.75) is 25.9 Å². The lowest BCUT2D eigenvalue weighted by atomic mass is 9.98. The molecule has 1 fully saturated rings. The maximum atomic E-state index is 13.0. The molecule has 7 heteroatoms. The van der Waals surface area contributed by atoms with Crippen LogP contribution < -0.4 is 15.5 Å². The van der Waals surface area contributed by atoms with Gasteiger partial charge in [-0.15, -0.1) is 10.1 Å². The maximum absolute atomic E-state index is 13.0. The minimum atomic E-state index is -0.783. The second kappa shape index (κ2) is 9.88. The average molecular weight is 463 g/mol. The van der Waals surface area contributed by atoms with Crippen molar-refractivity contribution in [1.29, 1.82) is 0 Å². The summed E-state index contributed by atoms with van der Waals surface area (Å²) in [5.41, 5.74) is 6.23. The summed E-state index contributed by atoms with van der Waals surface area (Å²) in [6.07, 6.45) is 1.85. The van der Waals surface area contributed by atoms with Crippen molar-refractivity contribution >= 4 is 29.6 Å². The molecule has 4 rings (SSSR count). The van der Waals surface area contributed by atoms with E-state index in [2.05, 4.69) is 10.7 Å². The van der Waals surface area contributed by atoms with E-state index in [9.17, 15) is 9.59 Å². The van der Waals surface area contributed by atoms with E-state index in [-0.39, 0.29) is 11.8 Å². The van der Waals surface area contributed by atoms with E-state index in [1.807, 2.05) is 68.6 Å². The Balaban J connectivity index is 1.66. The molecule has 0 unspecified atom stereocenters. The average Bonchev–Trinajstić information content (AvgIpc) is 3.10. The number of nitrogens with zero attached hydrogens (tertiary/aromatic N) is 1. The van der Waals surface area contributed by atoms with Gasteiger partial charge in [-0.25, -0.2) is 0 Å². The van der Waals surface area contributed by atoms with Gasteiger partial charge in [0, 0.05) is 21.7 Å². The molecule has 0 aromatic heterocycles. The molecule has 2 atom stereocenters. The largest absolute Gasteiger partial charge is 0.494 e. The van der Waals surface area contributed by atoms with Crippen LogP contribution in [0.4, 0.5) is 0 Å². The van der Waals surface area contributed by atoms with Gasteiger partial charge in [0.05, 0.1) is 6.61 Å². The number of nitrogens with one attached hydrogen (secondary N) is 2. The highest BCUT2D eigenvalue weighted by atomic mass is 35.5. The normalized spacial score (nSPS) is 18.8. The SMILES string of the molecule is CCOc1ccc(/C=[N+]2\NC(=O)[C@@H](NC(=O)c3ccc(Cl)cc3)[C@H]2c2ccc(C)cc2)cc1. The van der Waals surface area contributed by atoms with Gasteiger partial charge in [0.2, 0.25) is 12.3 Å². The van der Waals surface area contributed by atoms with Crippen LogP contribution >= 0.6 is 11.6 Å². The number of carbonyl (C=O) groups is 2. The molecule has 2 amide bonds. The molecule has 0 saturated carbocycles. The van der Waals surface area contributed by atoms with Crippen LogP contribution in [0, 0.1) is 6.92 Å². The van der Waals surface area contributed by atoms with Crippen LogP contribution in [0.2, 0.25) is 5.02 Å². The molecule has 3 aromatic rings. The number of benzene rings is 3. The molecule has 0 radical (unpaired) electrons. The first-order valence-corrected chi connectivity index (χ1v) is 11.1. The molecule has 0 aliphatic carbocycles. The zero-order chi connectivity index (χ0) is 23.4. The van der Waals surface area contributed by atoms with Gasteiger partial charge in [-0.3, -0.25) is 9.59 Å². The van der Waals surface area contributed by atoms with Crippen LogP contribution in [0.1, 0.15) is 40.0 Å². The number of hydrogen-bond donors (Lipinski definition) is 2. The number of carbonyl (C=O) groups excluding carboxylic acids is 2.